The van der Waals surface area contributed by atoms with Crippen LogP contribution in [0.5, 0.6) is 0 Å². The quantitative estimate of drug-likeness (QED) is 0.573. The molecule has 0 aliphatic rings. The highest BCUT2D eigenvalue weighted by Crippen LogP contribution is 2.09. The summed E-state index contributed by atoms with van der Waals surface area (Å²) in [5.41, 5.74) is 3.07. The molecular weight excluding hydrogens is 286 g/mol. The Morgan fingerprint density at radius 3 is 2.26 bits per heavy atom. The smallest absolute Gasteiger partial charge is 0.271 e. The number of benzene rings is 2. The predicted octanol–water partition coefficient (Wildman–Crippen LogP) is 3.65. The third-order valence-corrected chi connectivity index (χ3v) is 3.81. The molecule has 0 aliphatic carbocycles. The summed E-state index contributed by atoms with van der Waals surface area (Å²) in [6.07, 6.45) is 1.95. The van der Waals surface area contributed by atoms with Gasteiger partial charge in [0, 0.05) is 30.5 Å². The number of aromatic amines is 1. The maximum atomic E-state index is 11.6. The molecule has 0 spiro atoms. The first-order valence-corrected chi connectivity index (χ1v) is 7.50. The lowest BCUT2D eigenvalue weighted by Gasteiger charge is -2.07. The monoisotopic (exact) mass is 305 g/mol. The molecule has 0 atom stereocenters. The van der Waals surface area contributed by atoms with E-state index in [0.717, 1.165) is 11.4 Å². The standard InChI is InChI=1S/C11H12N2O.C8H7N/c1-9-8-11(14)13(12(9)2)10-6-4-3-5-7-10;1-2-4-8-7(3-1)5-6-9-8/h3-8H,1-2H3;1-6,9H. The van der Waals surface area contributed by atoms with E-state index in [1.807, 2.05) is 67.3 Å². The Balaban J connectivity index is 0.000000149. The normalized spacial score (nSPS) is 10.3. The third-order valence-electron chi connectivity index (χ3n) is 3.81. The van der Waals surface area contributed by atoms with Gasteiger partial charge < -0.3 is 4.98 Å². The first-order chi connectivity index (χ1) is 11.2. The first kappa shape index (κ1) is 14.9. The molecule has 116 valence electrons. The molecule has 2 aromatic carbocycles. The van der Waals surface area contributed by atoms with Crippen LogP contribution in [0.4, 0.5) is 0 Å². The van der Waals surface area contributed by atoms with Gasteiger partial charge in [-0.1, -0.05) is 36.4 Å². The zero-order valence-electron chi connectivity index (χ0n) is 13.2. The van der Waals surface area contributed by atoms with Crippen molar-refractivity contribution in [2.24, 2.45) is 7.05 Å². The number of rotatable bonds is 1. The molecule has 0 saturated carbocycles. The lowest BCUT2D eigenvalue weighted by molar-refractivity contribution is 0.630. The van der Waals surface area contributed by atoms with Gasteiger partial charge >= 0.3 is 0 Å². The highest BCUT2D eigenvalue weighted by atomic mass is 16.1. The van der Waals surface area contributed by atoms with Crippen LogP contribution in [0.2, 0.25) is 0 Å². The van der Waals surface area contributed by atoms with Crippen LogP contribution in [0.25, 0.3) is 16.6 Å². The Morgan fingerprint density at radius 2 is 1.61 bits per heavy atom. The fourth-order valence-electron chi connectivity index (χ4n) is 2.50. The molecule has 2 heterocycles. The fraction of sp³-hybridized carbons (Fsp3) is 0.105. The summed E-state index contributed by atoms with van der Waals surface area (Å²) in [4.78, 5) is 14.7. The number of H-pyrrole nitrogens is 1. The maximum Gasteiger partial charge on any atom is 0.271 e. The molecule has 2 aromatic heterocycles. The lowest BCUT2D eigenvalue weighted by Crippen LogP contribution is -2.18. The van der Waals surface area contributed by atoms with Gasteiger partial charge in [0.25, 0.3) is 5.56 Å². The van der Waals surface area contributed by atoms with Gasteiger partial charge in [-0.3, -0.25) is 9.48 Å². The third kappa shape index (κ3) is 3.11. The largest absolute Gasteiger partial charge is 0.361 e. The van der Waals surface area contributed by atoms with Crippen molar-refractivity contribution in [2.75, 3.05) is 0 Å². The number of nitrogens with zero attached hydrogens (tertiary/aromatic N) is 2. The van der Waals surface area contributed by atoms with Crippen LogP contribution in [0.3, 0.4) is 0 Å². The summed E-state index contributed by atoms with van der Waals surface area (Å²) in [6.45, 7) is 1.92. The van der Waals surface area contributed by atoms with E-state index in [9.17, 15) is 4.79 Å². The summed E-state index contributed by atoms with van der Waals surface area (Å²) in [5, 5.41) is 1.28. The van der Waals surface area contributed by atoms with E-state index in [4.69, 9.17) is 0 Å². The summed E-state index contributed by atoms with van der Waals surface area (Å²) >= 11 is 0. The number of hydrogen-bond acceptors (Lipinski definition) is 1. The average molecular weight is 305 g/mol. The van der Waals surface area contributed by atoms with Gasteiger partial charge in [-0.2, -0.15) is 0 Å². The van der Waals surface area contributed by atoms with Crippen LogP contribution in [0, 0.1) is 6.92 Å². The number of para-hydroxylation sites is 2. The van der Waals surface area contributed by atoms with E-state index in [1.165, 1.54) is 10.9 Å². The molecule has 0 aliphatic heterocycles. The summed E-state index contributed by atoms with van der Waals surface area (Å²) in [6, 6.07) is 21.5. The average Bonchev–Trinajstić information content (AvgIpc) is 3.14. The molecule has 0 bridgehead atoms. The zero-order valence-corrected chi connectivity index (χ0v) is 13.2. The Bertz CT molecular complexity index is 931. The van der Waals surface area contributed by atoms with Crippen molar-refractivity contribution in [3.63, 3.8) is 0 Å². The van der Waals surface area contributed by atoms with Gasteiger partial charge in [0.2, 0.25) is 0 Å². The Morgan fingerprint density at radius 1 is 0.913 bits per heavy atom. The lowest BCUT2D eigenvalue weighted by atomic mass is 10.3. The van der Waals surface area contributed by atoms with E-state index in [2.05, 4.69) is 23.2 Å². The minimum Gasteiger partial charge on any atom is -0.361 e. The molecular formula is C19H19N3O. The number of aromatic nitrogens is 3. The molecule has 4 heteroatoms. The molecule has 23 heavy (non-hydrogen) atoms. The van der Waals surface area contributed by atoms with Crippen molar-refractivity contribution >= 4 is 10.9 Å². The minimum atomic E-state index is 0.0104. The zero-order chi connectivity index (χ0) is 16.2. The summed E-state index contributed by atoms with van der Waals surface area (Å²) in [7, 11) is 1.88. The van der Waals surface area contributed by atoms with Crippen molar-refractivity contribution in [3.05, 3.63) is 89.0 Å². The van der Waals surface area contributed by atoms with E-state index in [1.54, 1.807) is 10.7 Å². The maximum absolute atomic E-state index is 11.6. The highest BCUT2D eigenvalue weighted by molar-refractivity contribution is 5.78. The second-order valence-corrected chi connectivity index (χ2v) is 5.36. The second kappa shape index (κ2) is 6.40. The molecule has 0 amide bonds. The topological polar surface area (TPSA) is 42.7 Å². The van der Waals surface area contributed by atoms with Crippen LogP contribution >= 0.6 is 0 Å². The molecule has 4 aromatic rings. The predicted molar refractivity (Wildman–Crippen MR) is 94.0 cm³/mol. The summed E-state index contributed by atoms with van der Waals surface area (Å²) in [5.74, 6) is 0. The number of nitrogens with one attached hydrogen (secondary N) is 1. The van der Waals surface area contributed by atoms with Crippen LogP contribution < -0.4 is 5.56 Å². The van der Waals surface area contributed by atoms with E-state index >= 15 is 0 Å². The fourth-order valence-corrected chi connectivity index (χ4v) is 2.50. The SMILES string of the molecule is Cc1cc(=O)n(-c2ccccc2)n1C.c1ccc2[nH]ccc2c1. The van der Waals surface area contributed by atoms with Crippen molar-refractivity contribution in [2.45, 2.75) is 6.92 Å². The van der Waals surface area contributed by atoms with Gasteiger partial charge in [0.15, 0.2) is 0 Å². The molecule has 4 rings (SSSR count). The molecule has 0 fully saturated rings. The highest BCUT2D eigenvalue weighted by Gasteiger charge is 2.05. The van der Waals surface area contributed by atoms with E-state index < -0.39 is 0 Å². The number of fused-ring (bicyclic) bond motifs is 1. The van der Waals surface area contributed by atoms with E-state index in [0.29, 0.717) is 0 Å². The molecule has 0 radical (unpaired) electrons. The van der Waals surface area contributed by atoms with Crippen molar-refractivity contribution in [1.29, 1.82) is 0 Å². The summed E-state index contributed by atoms with van der Waals surface area (Å²) < 4.78 is 3.49. The van der Waals surface area contributed by atoms with Gasteiger partial charge in [0.05, 0.1) is 5.69 Å². The number of aryl methyl sites for hydroxylation is 1. The molecule has 0 saturated heterocycles. The van der Waals surface area contributed by atoms with E-state index in [-0.39, 0.29) is 5.56 Å². The van der Waals surface area contributed by atoms with Crippen molar-refractivity contribution < 1.29 is 0 Å². The van der Waals surface area contributed by atoms with Crippen molar-refractivity contribution in [1.82, 2.24) is 14.3 Å². The van der Waals surface area contributed by atoms with Crippen LogP contribution in [-0.4, -0.2) is 14.3 Å². The Labute approximate surface area is 134 Å². The van der Waals surface area contributed by atoms with Gasteiger partial charge in [-0.15, -0.1) is 0 Å². The molecule has 4 nitrogen and oxygen atoms in total. The molecule has 1 N–H and O–H groups in total. The minimum absolute atomic E-state index is 0.0104. The Hall–Kier alpha value is -3.01. The Kier molecular flexibility index (Phi) is 4.15. The van der Waals surface area contributed by atoms with Gasteiger partial charge in [-0.05, 0) is 36.6 Å². The van der Waals surface area contributed by atoms with Crippen LogP contribution in [0.1, 0.15) is 5.69 Å². The second-order valence-electron chi connectivity index (χ2n) is 5.36. The first-order valence-electron chi connectivity index (χ1n) is 7.50. The van der Waals surface area contributed by atoms with Gasteiger partial charge in [-0.25, -0.2) is 4.68 Å². The molecule has 0 unspecified atom stereocenters. The van der Waals surface area contributed by atoms with Crippen molar-refractivity contribution in [3.8, 4) is 5.69 Å². The van der Waals surface area contributed by atoms with Gasteiger partial charge in [0.1, 0.15) is 0 Å². The number of hydrogen-bond donors (Lipinski definition) is 1. The van der Waals surface area contributed by atoms with Crippen LogP contribution in [0.15, 0.2) is 77.7 Å². The van der Waals surface area contributed by atoms with Crippen LogP contribution in [-0.2, 0) is 7.05 Å².